The van der Waals surface area contributed by atoms with Gasteiger partial charge in [-0.25, -0.2) is 0 Å². The second kappa shape index (κ2) is 6.05. The van der Waals surface area contributed by atoms with Crippen LogP contribution in [0.15, 0.2) is 16.6 Å². The van der Waals surface area contributed by atoms with Gasteiger partial charge in [-0.3, -0.25) is 4.79 Å². The lowest BCUT2D eigenvalue weighted by atomic mass is 10.0. The van der Waals surface area contributed by atoms with Crippen LogP contribution in [-0.2, 0) is 4.79 Å². The van der Waals surface area contributed by atoms with E-state index in [1.807, 2.05) is 13.8 Å². The van der Waals surface area contributed by atoms with Crippen LogP contribution >= 0.6 is 39.1 Å². The van der Waals surface area contributed by atoms with Gasteiger partial charge in [0.2, 0.25) is 5.91 Å². The van der Waals surface area contributed by atoms with Crippen molar-refractivity contribution in [2.24, 2.45) is 11.7 Å². The van der Waals surface area contributed by atoms with Gasteiger partial charge in [0, 0.05) is 4.47 Å². The summed E-state index contributed by atoms with van der Waals surface area (Å²) < 4.78 is 0.749. The third kappa shape index (κ3) is 3.85. The number of nitrogens with two attached hydrogens (primary N) is 1. The van der Waals surface area contributed by atoms with Crippen molar-refractivity contribution < 1.29 is 4.79 Å². The fraction of sp³-hybridized carbons (Fsp3) is 0.364. The number of rotatable bonds is 3. The Balaban J connectivity index is 2.93. The van der Waals surface area contributed by atoms with Crippen LogP contribution in [0, 0.1) is 5.92 Å². The van der Waals surface area contributed by atoms with Crippen LogP contribution in [0.1, 0.15) is 13.8 Å². The number of anilines is 1. The molecule has 17 heavy (non-hydrogen) atoms. The fourth-order valence-electron chi connectivity index (χ4n) is 1.17. The predicted molar refractivity (Wildman–Crippen MR) is 75.6 cm³/mol. The molecule has 0 heterocycles. The van der Waals surface area contributed by atoms with Gasteiger partial charge in [0.1, 0.15) is 0 Å². The summed E-state index contributed by atoms with van der Waals surface area (Å²) in [7, 11) is 0. The van der Waals surface area contributed by atoms with Gasteiger partial charge in [-0.2, -0.15) is 0 Å². The molecule has 1 atom stereocenters. The zero-order valence-corrected chi connectivity index (χ0v) is 12.5. The number of nitrogens with one attached hydrogen (secondary N) is 1. The summed E-state index contributed by atoms with van der Waals surface area (Å²) >= 11 is 15.2. The summed E-state index contributed by atoms with van der Waals surface area (Å²) in [6, 6.07) is 2.72. The molecule has 3 N–H and O–H groups in total. The largest absolute Gasteiger partial charge is 0.322 e. The normalized spacial score (nSPS) is 12.6. The molecule has 0 fully saturated rings. The Bertz CT molecular complexity index is 414. The molecule has 3 nitrogen and oxygen atoms in total. The van der Waals surface area contributed by atoms with E-state index in [0.29, 0.717) is 15.7 Å². The maximum Gasteiger partial charge on any atom is 0.241 e. The highest BCUT2D eigenvalue weighted by atomic mass is 79.9. The Labute approximate surface area is 119 Å². The molecule has 1 aromatic rings. The summed E-state index contributed by atoms with van der Waals surface area (Å²) in [5, 5.41) is 3.38. The van der Waals surface area contributed by atoms with Gasteiger partial charge in [-0.15, -0.1) is 0 Å². The molecule has 0 aliphatic rings. The second-order valence-corrected chi connectivity index (χ2v) is 5.73. The summed E-state index contributed by atoms with van der Waals surface area (Å²) in [4.78, 5) is 11.8. The van der Waals surface area contributed by atoms with Crippen molar-refractivity contribution in [2.45, 2.75) is 19.9 Å². The van der Waals surface area contributed by atoms with Crippen molar-refractivity contribution in [3.05, 3.63) is 26.7 Å². The summed E-state index contributed by atoms with van der Waals surface area (Å²) in [5.74, 6) is -0.255. The van der Waals surface area contributed by atoms with Crippen LogP contribution in [0.25, 0.3) is 0 Å². The van der Waals surface area contributed by atoms with E-state index >= 15 is 0 Å². The lowest BCUT2D eigenvalue weighted by molar-refractivity contribution is -0.118. The molecule has 0 bridgehead atoms. The van der Waals surface area contributed by atoms with Crippen LogP contribution in [0.5, 0.6) is 0 Å². The minimum absolute atomic E-state index is 0.0444. The predicted octanol–water partition coefficient (Wildman–Crippen LogP) is 3.68. The Morgan fingerprint density at radius 2 is 1.82 bits per heavy atom. The van der Waals surface area contributed by atoms with E-state index in [-0.39, 0.29) is 11.8 Å². The standard InChI is InChI=1S/C11H13BrCl2N2O/c1-5(2)9(15)11(17)16-10-7(13)3-6(12)4-8(10)14/h3-5,9H,15H2,1-2H3,(H,16,17). The number of hydrogen-bond donors (Lipinski definition) is 2. The molecule has 6 heteroatoms. The molecule has 1 aromatic carbocycles. The van der Waals surface area contributed by atoms with Crippen molar-refractivity contribution in [1.82, 2.24) is 0 Å². The molecule has 0 saturated heterocycles. The third-order valence-corrected chi connectivity index (χ3v) is 3.33. The van der Waals surface area contributed by atoms with Gasteiger partial charge in [-0.05, 0) is 18.1 Å². The van der Waals surface area contributed by atoms with Crippen molar-refractivity contribution in [1.29, 1.82) is 0 Å². The van der Waals surface area contributed by atoms with Gasteiger partial charge in [0.25, 0.3) is 0 Å². The van der Waals surface area contributed by atoms with Crippen molar-refractivity contribution in [2.75, 3.05) is 5.32 Å². The lowest BCUT2D eigenvalue weighted by Gasteiger charge is -2.16. The molecule has 94 valence electrons. The van der Waals surface area contributed by atoms with Crippen LogP contribution in [0.3, 0.4) is 0 Å². The fourth-order valence-corrected chi connectivity index (χ4v) is 2.47. The zero-order valence-electron chi connectivity index (χ0n) is 9.43. The SMILES string of the molecule is CC(C)C(N)C(=O)Nc1c(Cl)cc(Br)cc1Cl. The van der Waals surface area contributed by atoms with E-state index in [9.17, 15) is 4.79 Å². The number of carbonyl (C=O) groups excluding carboxylic acids is 1. The number of benzene rings is 1. The molecular formula is C11H13BrCl2N2O. The highest BCUT2D eigenvalue weighted by Gasteiger charge is 2.19. The molecular weight excluding hydrogens is 327 g/mol. The third-order valence-electron chi connectivity index (χ3n) is 2.28. The van der Waals surface area contributed by atoms with E-state index in [1.165, 1.54) is 0 Å². The van der Waals surface area contributed by atoms with E-state index in [1.54, 1.807) is 12.1 Å². The minimum Gasteiger partial charge on any atom is -0.322 e. The molecule has 0 aromatic heterocycles. The lowest BCUT2D eigenvalue weighted by Crippen LogP contribution is -2.39. The van der Waals surface area contributed by atoms with Crippen LogP contribution in [0.4, 0.5) is 5.69 Å². The first-order valence-electron chi connectivity index (χ1n) is 5.04. The highest BCUT2D eigenvalue weighted by molar-refractivity contribution is 9.10. The monoisotopic (exact) mass is 338 g/mol. The minimum atomic E-state index is -0.592. The first-order chi connectivity index (χ1) is 7.82. The van der Waals surface area contributed by atoms with Gasteiger partial charge in [0.05, 0.1) is 21.8 Å². The number of hydrogen-bond acceptors (Lipinski definition) is 2. The van der Waals surface area contributed by atoms with Crippen LogP contribution < -0.4 is 11.1 Å². The Morgan fingerprint density at radius 1 is 1.35 bits per heavy atom. The maximum absolute atomic E-state index is 11.8. The molecule has 1 unspecified atom stereocenters. The van der Waals surface area contributed by atoms with Gasteiger partial charge < -0.3 is 11.1 Å². The average Bonchev–Trinajstić information content (AvgIpc) is 2.21. The maximum atomic E-state index is 11.8. The Morgan fingerprint density at radius 3 is 2.24 bits per heavy atom. The smallest absolute Gasteiger partial charge is 0.241 e. The molecule has 1 rings (SSSR count). The average molecular weight is 340 g/mol. The summed E-state index contributed by atoms with van der Waals surface area (Å²) in [5.41, 5.74) is 6.12. The Hall–Kier alpha value is -0.290. The molecule has 0 spiro atoms. The van der Waals surface area contributed by atoms with E-state index in [2.05, 4.69) is 21.2 Å². The molecule has 0 radical (unpaired) electrons. The van der Waals surface area contributed by atoms with Gasteiger partial charge >= 0.3 is 0 Å². The zero-order chi connectivity index (χ0) is 13.2. The quantitative estimate of drug-likeness (QED) is 0.882. The molecule has 1 amide bonds. The van der Waals surface area contributed by atoms with E-state index in [4.69, 9.17) is 28.9 Å². The van der Waals surface area contributed by atoms with Crippen molar-refractivity contribution in [3.63, 3.8) is 0 Å². The molecule has 0 aliphatic carbocycles. The van der Waals surface area contributed by atoms with Crippen LogP contribution in [0.2, 0.25) is 10.0 Å². The summed E-state index contributed by atoms with van der Waals surface area (Å²) in [6.07, 6.45) is 0. The first kappa shape index (κ1) is 14.8. The van der Waals surface area contributed by atoms with E-state index in [0.717, 1.165) is 4.47 Å². The first-order valence-corrected chi connectivity index (χ1v) is 6.58. The van der Waals surface area contributed by atoms with Crippen molar-refractivity contribution >= 4 is 50.7 Å². The number of amides is 1. The second-order valence-electron chi connectivity index (χ2n) is 4.00. The topological polar surface area (TPSA) is 55.1 Å². The van der Waals surface area contributed by atoms with Crippen LogP contribution in [-0.4, -0.2) is 11.9 Å². The molecule has 0 saturated carbocycles. The Kier molecular flexibility index (Phi) is 5.25. The highest BCUT2D eigenvalue weighted by Crippen LogP contribution is 2.33. The number of halogens is 3. The van der Waals surface area contributed by atoms with E-state index < -0.39 is 6.04 Å². The van der Waals surface area contributed by atoms with Crippen molar-refractivity contribution in [3.8, 4) is 0 Å². The van der Waals surface area contributed by atoms with Gasteiger partial charge in [-0.1, -0.05) is 53.0 Å². The van der Waals surface area contributed by atoms with Gasteiger partial charge in [0.15, 0.2) is 0 Å². The molecule has 0 aliphatic heterocycles. The number of carbonyl (C=O) groups is 1. The summed E-state index contributed by atoms with van der Waals surface area (Å²) in [6.45, 7) is 3.74.